The maximum absolute atomic E-state index is 5.08. The van der Waals surface area contributed by atoms with Crippen LogP contribution in [0.15, 0.2) is 28.7 Å². The van der Waals surface area contributed by atoms with E-state index in [1.807, 2.05) is 7.05 Å². The molecule has 19 heavy (non-hydrogen) atoms. The number of nitrogens with one attached hydrogen (secondary N) is 1. The van der Waals surface area contributed by atoms with Crippen molar-refractivity contribution in [2.24, 2.45) is 0 Å². The summed E-state index contributed by atoms with van der Waals surface area (Å²) in [6, 6.07) is 8.97. The minimum absolute atomic E-state index is 0.415. The Balaban J connectivity index is 2.38. The number of methoxy groups -OCH3 is 1. The van der Waals surface area contributed by atoms with Crippen LogP contribution >= 0.6 is 15.9 Å². The molecule has 0 saturated carbocycles. The van der Waals surface area contributed by atoms with Crippen molar-refractivity contribution < 1.29 is 4.74 Å². The number of ether oxygens (including phenoxy) is 1. The Morgan fingerprint density at radius 2 is 1.95 bits per heavy atom. The third-order valence-corrected chi connectivity index (χ3v) is 3.84. The fraction of sp³-hybridized carbons (Fsp3) is 0.600. The maximum Gasteiger partial charge on any atom is 0.0474 e. The molecule has 0 heterocycles. The van der Waals surface area contributed by atoms with Gasteiger partial charge in [-0.1, -0.05) is 28.1 Å². The van der Waals surface area contributed by atoms with Gasteiger partial charge in [0.2, 0.25) is 0 Å². The molecular weight excluding hydrogens is 304 g/mol. The average Bonchev–Trinajstić information content (AvgIpc) is 2.41. The van der Waals surface area contributed by atoms with E-state index in [9.17, 15) is 0 Å². The molecule has 0 aliphatic heterocycles. The molecule has 3 nitrogen and oxygen atoms in total. The molecule has 0 spiro atoms. The van der Waals surface area contributed by atoms with Crippen LogP contribution in [0.3, 0.4) is 0 Å². The summed E-state index contributed by atoms with van der Waals surface area (Å²) in [4.78, 5) is 2.36. The standard InChI is InChI=1S/C15H25BrN2O/c1-17-15(13-5-7-14(16)8-6-13)9-11-18(2)10-4-12-19-3/h5-8,15,17H,4,9-12H2,1-3H3. The summed E-state index contributed by atoms with van der Waals surface area (Å²) in [6.45, 7) is 3.02. The second-order valence-electron chi connectivity index (χ2n) is 4.83. The highest BCUT2D eigenvalue weighted by Crippen LogP contribution is 2.19. The quantitative estimate of drug-likeness (QED) is 0.705. The lowest BCUT2D eigenvalue weighted by Gasteiger charge is -2.21. The third kappa shape index (κ3) is 6.52. The minimum atomic E-state index is 0.415. The third-order valence-electron chi connectivity index (χ3n) is 3.31. The Hall–Kier alpha value is -0.420. The van der Waals surface area contributed by atoms with Crippen molar-refractivity contribution in [3.8, 4) is 0 Å². The summed E-state index contributed by atoms with van der Waals surface area (Å²) in [5.74, 6) is 0. The Labute approximate surface area is 125 Å². The number of benzene rings is 1. The van der Waals surface area contributed by atoms with Gasteiger partial charge in [0.15, 0.2) is 0 Å². The van der Waals surface area contributed by atoms with Crippen molar-refractivity contribution in [3.63, 3.8) is 0 Å². The molecule has 1 aromatic rings. The van der Waals surface area contributed by atoms with Gasteiger partial charge in [-0.25, -0.2) is 0 Å². The molecule has 4 heteroatoms. The van der Waals surface area contributed by atoms with E-state index in [1.165, 1.54) is 5.56 Å². The van der Waals surface area contributed by atoms with E-state index in [0.29, 0.717) is 6.04 Å². The molecular formula is C15H25BrN2O. The first-order chi connectivity index (χ1) is 9.17. The van der Waals surface area contributed by atoms with Gasteiger partial charge in [0.1, 0.15) is 0 Å². The fourth-order valence-electron chi connectivity index (χ4n) is 2.11. The molecule has 1 N–H and O–H groups in total. The Bertz CT molecular complexity index is 343. The van der Waals surface area contributed by atoms with Crippen LogP contribution in [0.1, 0.15) is 24.4 Å². The molecule has 0 amide bonds. The van der Waals surface area contributed by atoms with E-state index in [1.54, 1.807) is 7.11 Å². The first kappa shape index (κ1) is 16.6. The van der Waals surface area contributed by atoms with E-state index in [4.69, 9.17) is 4.74 Å². The van der Waals surface area contributed by atoms with Crippen LogP contribution in [0, 0.1) is 0 Å². The van der Waals surface area contributed by atoms with Gasteiger partial charge >= 0.3 is 0 Å². The zero-order valence-electron chi connectivity index (χ0n) is 12.2. The van der Waals surface area contributed by atoms with Crippen molar-refractivity contribution in [2.45, 2.75) is 18.9 Å². The van der Waals surface area contributed by atoms with Gasteiger partial charge in [0.05, 0.1) is 0 Å². The lowest BCUT2D eigenvalue weighted by Crippen LogP contribution is -2.26. The van der Waals surface area contributed by atoms with Crippen molar-refractivity contribution in [1.82, 2.24) is 10.2 Å². The van der Waals surface area contributed by atoms with Gasteiger partial charge in [-0.2, -0.15) is 0 Å². The van der Waals surface area contributed by atoms with Crippen LogP contribution in [0.4, 0.5) is 0 Å². The smallest absolute Gasteiger partial charge is 0.0474 e. The summed E-state index contributed by atoms with van der Waals surface area (Å²) >= 11 is 3.47. The van der Waals surface area contributed by atoms with E-state index < -0.39 is 0 Å². The lowest BCUT2D eigenvalue weighted by atomic mass is 10.0. The van der Waals surface area contributed by atoms with Gasteiger partial charge in [-0.3, -0.25) is 0 Å². The summed E-state index contributed by atoms with van der Waals surface area (Å²) in [6.07, 6.45) is 2.21. The zero-order chi connectivity index (χ0) is 14.1. The van der Waals surface area contributed by atoms with Crippen LogP contribution in [0.25, 0.3) is 0 Å². The molecule has 0 bridgehead atoms. The molecule has 1 atom stereocenters. The van der Waals surface area contributed by atoms with Gasteiger partial charge in [-0.05, 0) is 51.2 Å². The monoisotopic (exact) mass is 328 g/mol. The molecule has 1 rings (SSSR count). The largest absolute Gasteiger partial charge is 0.385 e. The summed E-state index contributed by atoms with van der Waals surface area (Å²) < 4.78 is 6.20. The second-order valence-corrected chi connectivity index (χ2v) is 5.75. The van der Waals surface area contributed by atoms with Crippen molar-refractivity contribution in [3.05, 3.63) is 34.3 Å². The molecule has 1 unspecified atom stereocenters. The van der Waals surface area contributed by atoms with Gasteiger partial charge in [-0.15, -0.1) is 0 Å². The molecule has 0 saturated heterocycles. The average molecular weight is 329 g/mol. The van der Waals surface area contributed by atoms with E-state index >= 15 is 0 Å². The molecule has 0 radical (unpaired) electrons. The normalized spacial score (nSPS) is 12.9. The highest BCUT2D eigenvalue weighted by molar-refractivity contribution is 9.10. The topological polar surface area (TPSA) is 24.5 Å². The van der Waals surface area contributed by atoms with Crippen LogP contribution < -0.4 is 5.32 Å². The Morgan fingerprint density at radius 1 is 1.26 bits per heavy atom. The van der Waals surface area contributed by atoms with Crippen LogP contribution in [-0.4, -0.2) is 45.8 Å². The summed E-state index contributed by atoms with van der Waals surface area (Å²) in [5, 5.41) is 3.39. The summed E-state index contributed by atoms with van der Waals surface area (Å²) in [7, 11) is 5.95. The van der Waals surface area contributed by atoms with E-state index in [-0.39, 0.29) is 0 Å². The molecule has 1 aromatic carbocycles. The number of hydrogen-bond acceptors (Lipinski definition) is 3. The van der Waals surface area contributed by atoms with Crippen molar-refractivity contribution in [2.75, 3.05) is 40.9 Å². The van der Waals surface area contributed by atoms with Crippen molar-refractivity contribution in [1.29, 1.82) is 0 Å². The van der Waals surface area contributed by atoms with Crippen LogP contribution in [0.5, 0.6) is 0 Å². The number of halogens is 1. The van der Waals surface area contributed by atoms with E-state index in [0.717, 1.165) is 37.0 Å². The van der Waals surface area contributed by atoms with Crippen LogP contribution in [-0.2, 0) is 4.74 Å². The highest BCUT2D eigenvalue weighted by Gasteiger charge is 2.10. The first-order valence-electron chi connectivity index (χ1n) is 6.77. The van der Waals surface area contributed by atoms with Crippen molar-refractivity contribution >= 4 is 15.9 Å². The molecule has 0 aliphatic rings. The highest BCUT2D eigenvalue weighted by atomic mass is 79.9. The molecule has 0 aliphatic carbocycles. The predicted molar refractivity (Wildman–Crippen MR) is 84.5 cm³/mol. The number of rotatable bonds is 9. The fourth-order valence-corrected chi connectivity index (χ4v) is 2.38. The zero-order valence-corrected chi connectivity index (χ0v) is 13.7. The first-order valence-corrected chi connectivity index (χ1v) is 7.57. The van der Waals surface area contributed by atoms with Crippen LogP contribution in [0.2, 0.25) is 0 Å². The van der Waals surface area contributed by atoms with Gasteiger partial charge < -0.3 is 15.0 Å². The Morgan fingerprint density at radius 3 is 2.53 bits per heavy atom. The molecule has 108 valence electrons. The second kappa shape index (κ2) is 9.48. The SMILES string of the molecule is CNC(CCN(C)CCCOC)c1ccc(Br)cc1. The lowest BCUT2D eigenvalue weighted by molar-refractivity contribution is 0.178. The molecule has 0 fully saturated rings. The number of nitrogens with zero attached hydrogens (tertiary/aromatic N) is 1. The van der Waals surface area contributed by atoms with Gasteiger partial charge in [0.25, 0.3) is 0 Å². The van der Waals surface area contributed by atoms with Gasteiger partial charge in [0, 0.05) is 30.8 Å². The Kier molecular flexibility index (Phi) is 8.30. The molecule has 0 aromatic heterocycles. The maximum atomic E-state index is 5.08. The number of hydrogen-bond donors (Lipinski definition) is 1. The van der Waals surface area contributed by atoms with E-state index in [2.05, 4.69) is 57.5 Å². The summed E-state index contributed by atoms with van der Waals surface area (Å²) in [5.41, 5.74) is 1.34. The predicted octanol–water partition coefficient (Wildman–Crippen LogP) is 3.07. The minimum Gasteiger partial charge on any atom is -0.385 e.